The lowest BCUT2D eigenvalue weighted by atomic mass is 10.1. The van der Waals surface area contributed by atoms with Crippen molar-refractivity contribution in [2.24, 2.45) is 5.73 Å². The number of aryl methyl sites for hydroxylation is 1. The summed E-state index contributed by atoms with van der Waals surface area (Å²) in [4.78, 5) is 41.7. The lowest BCUT2D eigenvalue weighted by Gasteiger charge is -2.01. The number of carbonyl (C=O) groups excluding carboxylic acids is 1. The molecule has 0 spiro atoms. The molecule has 1 amide bonds. The lowest BCUT2D eigenvalue weighted by molar-refractivity contribution is -0.384. The minimum atomic E-state index is -0.591. The van der Waals surface area contributed by atoms with E-state index in [9.17, 15) is 19.7 Å². The number of non-ortho nitro benzene ring substituents is 1. The van der Waals surface area contributed by atoms with Crippen molar-refractivity contribution in [1.29, 1.82) is 0 Å². The van der Waals surface area contributed by atoms with Gasteiger partial charge in [0.05, 0.1) is 15.2 Å². The smallest absolute Gasteiger partial charge is 0.269 e. The van der Waals surface area contributed by atoms with Gasteiger partial charge in [0.2, 0.25) is 0 Å². The van der Waals surface area contributed by atoms with Gasteiger partial charge < -0.3 is 10.7 Å². The van der Waals surface area contributed by atoms with E-state index in [-0.39, 0.29) is 11.2 Å². The van der Waals surface area contributed by atoms with Gasteiger partial charge in [-0.15, -0.1) is 11.3 Å². The highest BCUT2D eigenvalue weighted by atomic mass is 32.1. The van der Waals surface area contributed by atoms with E-state index >= 15 is 0 Å². The molecule has 0 aliphatic carbocycles. The Hall–Kier alpha value is -3.07. The van der Waals surface area contributed by atoms with Gasteiger partial charge >= 0.3 is 0 Å². The highest BCUT2D eigenvalue weighted by Crippen LogP contribution is 2.26. The summed E-state index contributed by atoms with van der Waals surface area (Å²) in [5.41, 5.74) is 6.26. The number of nitrogens with two attached hydrogens (primary N) is 1. The van der Waals surface area contributed by atoms with Gasteiger partial charge in [-0.1, -0.05) is 12.1 Å². The van der Waals surface area contributed by atoms with Gasteiger partial charge in [-0.2, -0.15) is 0 Å². The van der Waals surface area contributed by atoms with Gasteiger partial charge in [-0.25, -0.2) is 4.98 Å². The Morgan fingerprint density at radius 2 is 2.04 bits per heavy atom. The maximum atomic E-state index is 12.3. The maximum Gasteiger partial charge on any atom is 0.269 e. The van der Waals surface area contributed by atoms with Crippen molar-refractivity contribution in [2.45, 2.75) is 13.3 Å². The summed E-state index contributed by atoms with van der Waals surface area (Å²) in [5.74, 6) is -0.176. The predicted octanol–water partition coefficient (Wildman–Crippen LogP) is 1.89. The number of nitro groups is 1. The number of aromatic nitrogens is 2. The van der Waals surface area contributed by atoms with Crippen LogP contribution in [0.2, 0.25) is 0 Å². The van der Waals surface area contributed by atoms with Gasteiger partial charge in [0.1, 0.15) is 10.7 Å². The van der Waals surface area contributed by atoms with Gasteiger partial charge in [0, 0.05) is 18.6 Å². The second-order valence-electron chi connectivity index (χ2n) is 5.21. The number of fused-ring (bicyclic) bond motifs is 1. The largest absolute Gasteiger partial charge is 0.365 e. The first-order valence-electron chi connectivity index (χ1n) is 6.92. The Kier molecular flexibility index (Phi) is 3.86. The summed E-state index contributed by atoms with van der Waals surface area (Å²) in [6.07, 6.45) is 0.312. The van der Waals surface area contributed by atoms with Gasteiger partial charge in [-0.3, -0.25) is 19.7 Å². The Bertz CT molecular complexity index is 1020. The molecule has 0 radical (unpaired) electrons. The first-order chi connectivity index (χ1) is 11.4. The number of H-pyrrole nitrogens is 1. The number of nitrogens with one attached hydrogen (secondary N) is 1. The van der Waals surface area contributed by atoms with Crippen LogP contribution in [0.4, 0.5) is 5.69 Å². The van der Waals surface area contributed by atoms with Crippen LogP contribution in [0.25, 0.3) is 10.2 Å². The molecule has 1 aromatic carbocycles. The molecule has 122 valence electrons. The van der Waals surface area contributed by atoms with Crippen LogP contribution in [-0.2, 0) is 6.42 Å². The molecule has 2 aromatic heterocycles. The molecular formula is C15H12N4O4S. The normalized spacial score (nSPS) is 10.9. The van der Waals surface area contributed by atoms with Crippen molar-refractivity contribution in [3.63, 3.8) is 0 Å². The van der Waals surface area contributed by atoms with Crippen molar-refractivity contribution in [1.82, 2.24) is 9.97 Å². The number of primary amides is 1. The van der Waals surface area contributed by atoms with Gasteiger partial charge in [0.25, 0.3) is 17.2 Å². The number of hydrogen-bond donors (Lipinski definition) is 2. The van der Waals surface area contributed by atoms with Crippen LogP contribution in [0.1, 0.15) is 26.6 Å². The van der Waals surface area contributed by atoms with Crippen LogP contribution in [0.15, 0.2) is 29.1 Å². The Morgan fingerprint density at radius 1 is 1.38 bits per heavy atom. The van der Waals surface area contributed by atoms with Gasteiger partial charge in [0.15, 0.2) is 0 Å². The number of carbonyl (C=O) groups is 1. The van der Waals surface area contributed by atoms with E-state index in [0.29, 0.717) is 32.9 Å². The monoisotopic (exact) mass is 344 g/mol. The van der Waals surface area contributed by atoms with Crippen LogP contribution in [0, 0.1) is 17.0 Å². The minimum absolute atomic E-state index is 0.00404. The van der Waals surface area contributed by atoms with E-state index in [1.165, 1.54) is 12.1 Å². The highest BCUT2D eigenvalue weighted by Gasteiger charge is 2.17. The number of amides is 1. The number of nitro benzene ring substituents is 1. The number of rotatable bonds is 4. The molecule has 0 bridgehead atoms. The fraction of sp³-hybridized carbons (Fsp3) is 0.133. The van der Waals surface area contributed by atoms with E-state index in [1.807, 2.05) is 0 Å². The first-order valence-corrected chi connectivity index (χ1v) is 7.74. The predicted molar refractivity (Wildman–Crippen MR) is 89.4 cm³/mol. The lowest BCUT2D eigenvalue weighted by Crippen LogP contribution is -2.13. The molecule has 0 unspecified atom stereocenters. The molecule has 0 saturated carbocycles. The summed E-state index contributed by atoms with van der Waals surface area (Å²) < 4.78 is 0. The molecule has 24 heavy (non-hydrogen) atoms. The SMILES string of the molecule is Cc1c(C(N)=O)sc2nc(Cc3ccc([N+](=O)[O-])cc3)[nH]c(=O)c12. The third-order valence-corrected chi connectivity index (χ3v) is 4.79. The zero-order chi connectivity index (χ0) is 17.4. The van der Waals surface area contributed by atoms with E-state index < -0.39 is 10.8 Å². The van der Waals surface area contributed by atoms with Crippen LogP contribution >= 0.6 is 11.3 Å². The molecule has 0 saturated heterocycles. The second-order valence-corrected chi connectivity index (χ2v) is 6.21. The summed E-state index contributed by atoms with van der Waals surface area (Å²) in [5, 5.41) is 11.0. The fourth-order valence-corrected chi connectivity index (χ4v) is 3.49. The number of nitrogens with zero attached hydrogens (tertiary/aromatic N) is 2. The average Bonchev–Trinajstić information content (AvgIpc) is 2.85. The van der Waals surface area contributed by atoms with Crippen molar-refractivity contribution < 1.29 is 9.72 Å². The quantitative estimate of drug-likeness (QED) is 0.551. The minimum Gasteiger partial charge on any atom is -0.365 e. The highest BCUT2D eigenvalue weighted by molar-refractivity contribution is 7.20. The average molecular weight is 344 g/mol. The van der Waals surface area contributed by atoms with E-state index in [2.05, 4.69) is 9.97 Å². The van der Waals surface area contributed by atoms with E-state index in [4.69, 9.17) is 5.73 Å². The van der Waals surface area contributed by atoms with Crippen molar-refractivity contribution >= 4 is 33.1 Å². The van der Waals surface area contributed by atoms with Crippen LogP contribution in [-0.4, -0.2) is 20.8 Å². The van der Waals surface area contributed by atoms with Crippen molar-refractivity contribution in [3.8, 4) is 0 Å². The molecule has 3 N–H and O–H groups in total. The van der Waals surface area contributed by atoms with Crippen LogP contribution in [0.5, 0.6) is 0 Å². The number of hydrogen-bond acceptors (Lipinski definition) is 6. The molecule has 0 atom stereocenters. The molecular weight excluding hydrogens is 332 g/mol. The second kappa shape index (κ2) is 5.85. The standard InChI is InChI=1S/C15H12N4O4S/c1-7-11-14(21)17-10(18-15(11)24-12(7)13(16)20)6-8-2-4-9(5-3-8)19(22)23/h2-5H,6H2,1H3,(H2,16,20)(H,17,18,21). The van der Waals surface area contributed by atoms with E-state index in [0.717, 1.165) is 16.9 Å². The number of aromatic amines is 1. The zero-order valence-corrected chi connectivity index (χ0v) is 13.3. The Morgan fingerprint density at radius 3 is 2.62 bits per heavy atom. The Balaban J connectivity index is 2.00. The topological polar surface area (TPSA) is 132 Å². The fourth-order valence-electron chi connectivity index (χ4n) is 2.44. The number of thiophene rings is 1. The zero-order valence-electron chi connectivity index (χ0n) is 12.5. The summed E-state index contributed by atoms with van der Waals surface area (Å²) in [6, 6.07) is 6.01. The number of benzene rings is 1. The molecule has 3 rings (SSSR count). The molecule has 2 heterocycles. The van der Waals surface area contributed by atoms with Gasteiger partial charge in [-0.05, 0) is 18.1 Å². The Labute approximate surface area is 139 Å². The molecule has 3 aromatic rings. The molecule has 8 nitrogen and oxygen atoms in total. The third kappa shape index (κ3) is 2.76. The van der Waals surface area contributed by atoms with Crippen molar-refractivity contribution in [3.05, 3.63) is 66.6 Å². The van der Waals surface area contributed by atoms with Crippen molar-refractivity contribution in [2.75, 3.05) is 0 Å². The third-order valence-electron chi connectivity index (χ3n) is 3.59. The molecule has 9 heteroatoms. The summed E-state index contributed by atoms with van der Waals surface area (Å²) >= 11 is 1.08. The molecule has 0 fully saturated rings. The summed E-state index contributed by atoms with van der Waals surface area (Å²) in [6.45, 7) is 1.66. The van der Waals surface area contributed by atoms with E-state index in [1.54, 1.807) is 19.1 Å². The molecule has 0 aliphatic rings. The molecule has 0 aliphatic heterocycles. The van der Waals surface area contributed by atoms with Crippen LogP contribution in [0.3, 0.4) is 0 Å². The maximum absolute atomic E-state index is 12.3. The summed E-state index contributed by atoms with van der Waals surface area (Å²) in [7, 11) is 0. The first kappa shape index (κ1) is 15.8. The van der Waals surface area contributed by atoms with Crippen LogP contribution < -0.4 is 11.3 Å².